The molecule has 0 heterocycles. The standard InChI is InChI=1S/C18H30N4.HI/c1-5-13-20-18(19-6-2)21-14-16-11-9-10-12-17(16)15-22(7-3)8-4;/h5,9-12H,1,6-8,13-15H2,2-4H3,(H2,19,20,21);1H. The Morgan fingerprint density at radius 2 is 1.78 bits per heavy atom. The van der Waals surface area contributed by atoms with E-state index >= 15 is 0 Å². The second-order valence-corrected chi connectivity index (χ2v) is 5.09. The predicted octanol–water partition coefficient (Wildman–Crippen LogP) is 3.39. The number of aliphatic imine (C=N–C) groups is 1. The van der Waals surface area contributed by atoms with E-state index in [0.717, 1.165) is 32.1 Å². The fourth-order valence-corrected chi connectivity index (χ4v) is 2.23. The third-order valence-corrected chi connectivity index (χ3v) is 3.57. The molecule has 0 amide bonds. The zero-order valence-corrected chi connectivity index (χ0v) is 17.0. The molecule has 4 nitrogen and oxygen atoms in total. The molecule has 1 aromatic carbocycles. The average Bonchev–Trinajstić information content (AvgIpc) is 2.56. The highest BCUT2D eigenvalue weighted by atomic mass is 127. The number of hydrogen-bond acceptors (Lipinski definition) is 2. The highest BCUT2D eigenvalue weighted by molar-refractivity contribution is 14.0. The highest BCUT2D eigenvalue weighted by Gasteiger charge is 2.06. The fourth-order valence-electron chi connectivity index (χ4n) is 2.23. The third-order valence-electron chi connectivity index (χ3n) is 3.57. The summed E-state index contributed by atoms with van der Waals surface area (Å²) in [6.07, 6.45) is 1.83. The Morgan fingerprint density at radius 3 is 2.35 bits per heavy atom. The van der Waals surface area contributed by atoms with Gasteiger partial charge in [0.25, 0.3) is 0 Å². The van der Waals surface area contributed by atoms with E-state index in [-0.39, 0.29) is 24.0 Å². The third kappa shape index (κ3) is 8.37. The number of rotatable bonds is 9. The van der Waals surface area contributed by atoms with E-state index in [9.17, 15) is 0 Å². The maximum atomic E-state index is 4.67. The molecule has 5 heteroatoms. The number of hydrogen-bond donors (Lipinski definition) is 2. The quantitative estimate of drug-likeness (QED) is 0.273. The van der Waals surface area contributed by atoms with E-state index in [0.29, 0.717) is 13.1 Å². The van der Waals surface area contributed by atoms with Crippen LogP contribution in [0.25, 0.3) is 0 Å². The summed E-state index contributed by atoms with van der Waals surface area (Å²) in [5, 5.41) is 6.48. The zero-order chi connectivity index (χ0) is 16.2. The summed E-state index contributed by atoms with van der Waals surface area (Å²) in [6, 6.07) is 8.56. The molecular weight excluding hydrogens is 399 g/mol. The van der Waals surface area contributed by atoms with Crippen LogP contribution in [0.15, 0.2) is 41.9 Å². The van der Waals surface area contributed by atoms with Crippen LogP contribution in [-0.2, 0) is 13.1 Å². The van der Waals surface area contributed by atoms with Crippen LogP contribution in [0.5, 0.6) is 0 Å². The lowest BCUT2D eigenvalue weighted by Gasteiger charge is -2.20. The molecule has 0 unspecified atom stereocenters. The molecule has 23 heavy (non-hydrogen) atoms. The predicted molar refractivity (Wildman–Crippen MR) is 111 cm³/mol. The molecule has 0 aliphatic carbocycles. The second kappa shape index (κ2) is 13.4. The first kappa shape index (κ1) is 21.9. The fraction of sp³-hybridized carbons (Fsp3) is 0.500. The van der Waals surface area contributed by atoms with Gasteiger partial charge in [0.2, 0.25) is 0 Å². The molecule has 0 atom stereocenters. The van der Waals surface area contributed by atoms with Crippen molar-refractivity contribution in [3.63, 3.8) is 0 Å². The Kier molecular flexibility index (Phi) is 12.7. The van der Waals surface area contributed by atoms with Crippen LogP contribution in [-0.4, -0.2) is 37.0 Å². The number of halogens is 1. The van der Waals surface area contributed by atoms with Crippen LogP contribution in [0.3, 0.4) is 0 Å². The number of nitrogens with one attached hydrogen (secondary N) is 2. The highest BCUT2D eigenvalue weighted by Crippen LogP contribution is 2.13. The SMILES string of the molecule is C=CCNC(=NCc1ccccc1CN(CC)CC)NCC.I. The van der Waals surface area contributed by atoms with E-state index in [1.54, 1.807) is 0 Å². The van der Waals surface area contributed by atoms with Gasteiger partial charge in [0.1, 0.15) is 0 Å². The van der Waals surface area contributed by atoms with Crippen molar-refractivity contribution in [1.82, 2.24) is 15.5 Å². The van der Waals surface area contributed by atoms with Crippen molar-refractivity contribution in [3.8, 4) is 0 Å². The minimum atomic E-state index is 0. The summed E-state index contributed by atoms with van der Waals surface area (Å²) in [5.41, 5.74) is 2.64. The largest absolute Gasteiger partial charge is 0.357 e. The Bertz CT molecular complexity index is 470. The molecule has 130 valence electrons. The van der Waals surface area contributed by atoms with Gasteiger partial charge in [0.15, 0.2) is 5.96 Å². The summed E-state index contributed by atoms with van der Waals surface area (Å²) in [4.78, 5) is 7.09. The van der Waals surface area contributed by atoms with Crippen molar-refractivity contribution < 1.29 is 0 Å². The minimum absolute atomic E-state index is 0. The van der Waals surface area contributed by atoms with Crippen LogP contribution in [0.4, 0.5) is 0 Å². The van der Waals surface area contributed by atoms with E-state index in [4.69, 9.17) is 0 Å². The summed E-state index contributed by atoms with van der Waals surface area (Å²) in [5.74, 6) is 0.833. The topological polar surface area (TPSA) is 39.7 Å². The minimum Gasteiger partial charge on any atom is -0.357 e. The normalized spacial score (nSPS) is 11.0. The molecule has 0 spiro atoms. The summed E-state index contributed by atoms with van der Waals surface area (Å²) in [7, 11) is 0. The first-order valence-electron chi connectivity index (χ1n) is 8.17. The van der Waals surface area contributed by atoms with Crippen molar-refractivity contribution in [3.05, 3.63) is 48.0 Å². The first-order chi connectivity index (χ1) is 10.7. The number of guanidine groups is 1. The zero-order valence-electron chi connectivity index (χ0n) is 14.6. The van der Waals surface area contributed by atoms with Crippen molar-refractivity contribution in [2.75, 3.05) is 26.2 Å². The molecule has 0 aliphatic heterocycles. The van der Waals surface area contributed by atoms with Gasteiger partial charge in [0, 0.05) is 19.6 Å². The monoisotopic (exact) mass is 430 g/mol. The van der Waals surface area contributed by atoms with Gasteiger partial charge in [-0.05, 0) is 31.1 Å². The summed E-state index contributed by atoms with van der Waals surface area (Å²) in [6.45, 7) is 15.6. The summed E-state index contributed by atoms with van der Waals surface area (Å²) >= 11 is 0. The van der Waals surface area contributed by atoms with Crippen molar-refractivity contribution >= 4 is 29.9 Å². The van der Waals surface area contributed by atoms with Gasteiger partial charge in [-0.2, -0.15) is 0 Å². The average molecular weight is 430 g/mol. The smallest absolute Gasteiger partial charge is 0.191 e. The van der Waals surface area contributed by atoms with Gasteiger partial charge in [-0.3, -0.25) is 4.90 Å². The lowest BCUT2D eigenvalue weighted by atomic mass is 10.1. The van der Waals surface area contributed by atoms with Gasteiger partial charge in [-0.15, -0.1) is 30.6 Å². The molecule has 0 aromatic heterocycles. The molecular formula is C18H31IN4. The maximum absolute atomic E-state index is 4.67. The van der Waals surface area contributed by atoms with E-state index in [1.807, 2.05) is 6.08 Å². The van der Waals surface area contributed by atoms with Crippen LogP contribution in [0, 0.1) is 0 Å². The first-order valence-corrected chi connectivity index (χ1v) is 8.17. The number of benzene rings is 1. The van der Waals surface area contributed by atoms with Gasteiger partial charge < -0.3 is 10.6 Å². The molecule has 0 fully saturated rings. The van der Waals surface area contributed by atoms with Gasteiger partial charge in [-0.1, -0.05) is 44.2 Å². The van der Waals surface area contributed by atoms with E-state index in [2.05, 4.69) is 72.1 Å². The molecule has 0 saturated carbocycles. The molecule has 0 radical (unpaired) electrons. The van der Waals surface area contributed by atoms with Gasteiger partial charge in [-0.25, -0.2) is 4.99 Å². The molecule has 1 aromatic rings. The molecule has 0 bridgehead atoms. The maximum Gasteiger partial charge on any atom is 0.191 e. The molecule has 1 rings (SSSR count). The van der Waals surface area contributed by atoms with Crippen LogP contribution < -0.4 is 10.6 Å². The van der Waals surface area contributed by atoms with Crippen LogP contribution in [0.2, 0.25) is 0 Å². The Hall–Kier alpha value is -1.08. The van der Waals surface area contributed by atoms with E-state index < -0.39 is 0 Å². The molecule has 2 N–H and O–H groups in total. The number of nitrogens with zero attached hydrogens (tertiary/aromatic N) is 2. The van der Waals surface area contributed by atoms with Gasteiger partial charge >= 0.3 is 0 Å². The molecule has 0 aliphatic rings. The Labute approximate surface area is 158 Å². The second-order valence-electron chi connectivity index (χ2n) is 5.09. The molecule has 0 saturated heterocycles. The van der Waals surface area contributed by atoms with Crippen LogP contribution >= 0.6 is 24.0 Å². The van der Waals surface area contributed by atoms with Crippen LogP contribution in [0.1, 0.15) is 31.9 Å². The van der Waals surface area contributed by atoms with E-state index in [1.165, 1.54) is 11.1 Å². The van der Waals surface area contributed by atoms with Gasteiger partial charge in [0.05, 0.1) is 6.54 Å². The lowest BCUT2D eigenvalue weighted by molar-refractivity contribution is 0.295. The van der Waals surface area contributed by atoms with Crippen molar-refractivity contribution in [2.45, 2.75) is 33.9 Å². The Balaban J connectivity index is 0.00000484. The Morgan fingerprint density at radius 1 is 1.13 bits per heavy atom. The van der Waals surface area contributed by atoms with Crippen molar-refractivity contribution in [2.24, 2.45) is 4.99 Å². The lowest BCUT2D eigenvalue weighted by Crippen LogP contribution is -2.37. The van der Waals surface area contributed by atoms with Crippen molar-refractivity contribution in [1.29, 1.82) is 0 Å². The summed E-state index contributed by atoms with van der Waals surface area (Å²) < 4.78 is 0.